The Morgan fingerprint density at radius 1 is 1.34 bits per heavy atom. The van der Waals surface area contributed by atoms with Crippen molar-refractivity contribution in [2.75, 3.05) is 46.0 Å². The number of aliphatic hydroxyl groups excluding tert-OH is 2. The molecule has 2 fully saturated rings. The molecule has 0 spiro atoms. The van der Waals surface area contributed by atoms with Crippen molar-refractivity contribution >= 4 is 28.6 Å². The summed E-state index contributed by atoms with van der Waals surface area (Å²) in [4.78, 5) is 21.9. The van der Waals surface area contributed by atoms with E-state index >= 15 is 0 Å². The number of rotatable bonds is 7. The molecule has 5 atom stereocenters. The third-order valence-corrected chi connectivity index (χ3v) is 10.7. The molecule has 9 heteroatoms. The van der Waals surface area contributed by atoms with Crippen LogP contribution < -0.4 is 5.32 Å². The molecule has 0 unspecified atom stereocenters. The van der Waals surface area contributed by atoms with Crippen molar-refractivity contribution < 1.29 is 19.7 Å². The van der Waals surface area contributed by atoms with Gasteiger partial charge in [-0.2, -0.15) is 11.3 Å². The molecule has 2 aliphatic carbocycles. The van der Waals surface area contributed by atoms with Crippen molar-refractivity contribution in [2.45, 2.75) is 51.6 Å². The van der Waals surface area contributed by atoms with E-state index in [0.717, 1.165) is 62.0 Å². The Hall–Kier alpha value is -1.36. The van der Waals surface area contributed by atoms with E-state index in [-0.39, 0.29) is 29.8 Å². The number of nitrogens with zero attached hydrogens (tertiary/aromatic N) is 2. The molecule has 3 heterocycles. The number of fused-ring (bicyclic) bond motifs is 2. The van der Waals surface area contributed by atoms with E-state index < -0.39 is 11.5 Å². The van der Waals surface area contributed by atoms with Crippen molar-refractivity contribution in [3.8, 4) is 10.6 Å². The fourth-order valence-corrected chi connectivity index (χ4v) is 8.47. The van der Waals surface area contributed by atoms with E-state index in [4.69, 9.17) is 9.72 Å². The second kappa shape index (κ2) is 10.2. The molecule has 1 amide bonds. The number of aromatic nitrogens is 1. The molecule has 35 heavy (non-hydrogen) atoms. The van der Waals surface area contributed by atoms with Crippen LogP contribution >= 0.6 is 22.7 Å². The number of morpholine rings is 1. The molecule has 192 valence electrons. The van der Waals surface area contributed by atoms with Crippen LogP contribution in [-0.4, -0.2) is 78.1 Å². The van der Waals surface area contributed by atoms with E-state index in [1.165, 1.54) is 4.88 Å². The van der Waals surface area contributed by atoms with Gasteiger partial charge in [0.15, 0.2) is 0 Å². The standard InChI is InChI=1S/C26H37N3O4S2/c1-25-5-3-21(31)26(2,16-30)20(25)14-19-23(28-24(35-19)17-4-12-34-15-17)18(25)13-22(32)27-6-7-29-8-10-33-11-9-29/h4,12,15,18,20-21,30-31H,3,5-11,13-14,16H2,1-2H3,(H,27,32)/t18-,20+,21-,25+,26+/m1/s1. The number of ether oxygens (including phenoxy) is 1. The van der Waals surface area contributed by atoms with Gasteiger partial charge in [0.25, 0.3) is 0 Å². The summed E-state index contributed by atoms with van der Waals surface area (Å²) in [5.41, 5.74) is 1.37. The topological polar surface area (TPSA) is 94.9 Å². The molecule has 2 aromatic heterocycles. The van der Waals surface area contributed by atoms with Crippen LogP contribution in [0.2, 0.25) is 0 Å². The second-order valence-corrected chi connectivity index (χ2v) is 12.7. The minimum atomic E-state index is -0.595. The molecule has 0 aromatic carbocycles. The third-order valence-electron chi connectivity index (χ3n) is 8.91. The molecule has 2 aromatic rings. The largest absolute Gasteiger partial charge is 0.396 e. The lowest BCUT2D eigenvalue weighted by Crippen LogP contribution is -2.57. The highest BCUT2D eigenvalue weighted by atomic mass is 32.1. The average molecular weight is 520 g/mol. The number of thiazole rings is 1. The van der Waals surface area contributed by atoms with E-state index in [1.807, 2.05) is 6.92 Å². The lowest BCUT2D eigenvalue weighted by atomic mass is 9.47. The van der Waals surface area contributed by atoms with Gasteiger partial charge in [-0.3, -0.25) is 9.69 Å². The van der Waals surface area contributed by atoms with Gasteiger partial charge in [0.2, 0.25) is 5.91 Å². The Labute approximate surface area is 215 Å². The molecular weight excluding hydrogens is 482 g/mol. The van der Waals surface area contributed by atoms with Crippen molar-refractivity contribution in [3.63, 3.8) is 0 Å². The molecule has 0 bridgehead atoms. The van der Waals surface area contributed by atoms with Crippen LogP contribution in [0.5, 0.6) is 0 Å². The highest BCUT2D eigenvalue weighted by molar-refractivity contribution is 7.15. The zero-order valence-corrected chi connectivity index (χ0v) is 22.3. The average Bonchev–Trinajstić information content (AvgIpc) is 3.54. The van der Waals surface area contributed by atoms with Crippen LogP contribution in [0.25, 0.3) is 10.6 Å². The van der Waals surface area contributed by atoms with Crippen molar-refractivity contribution in [1.82, 2.24) is 15.2 Å². The fraction of sp³-hybridized carbons (Fsp3) is 0.692. The first-order valence-electron chi connectivity index (χ1n) is 12.7. The van der Waals surface area contributed by atoms with Crippen LogP contribution in [0.3, 0.4) is 0 Å². The Balaban J connectivity index is 1.40. The predicted octanol–water partition coefficient (Wildman–Crippen LogP) is 3.13. The number of nitrogens with one attached hydrogen (secondary N) is 1. The van der Waals surface area contributed by atoms with Gasteiger partial charge in [-0.15, -0.1) is 11.3 Å². The van der Waals surface area contributed by atoms with Gasteiger partial charge in [0, 0.05) is 59.8 Å². The predicted molar refractivity (Wildman–Crippen MR) is 139 cm³/mol. The molecule has 1 saturated heterocycles. The number of aliphatic hydroxyl groups is 2. The fourth-order valence-electron chi connectivity index (χ4n) is 6.59. The van der Waals surface area contributed by atoms with Crippen molar-refractivity contribution in [1.29, 1.82) is 0 Å². The normalized spacial score (nSPS) is 33.2. The van der Waals surface area contributed by atoms with Crippen LogP contribution in [0, 0.1) is 16.7 Å². The number of hydrogen-bond donors (Lipinski definition) is 3. The number of carbonyl (C=O) groups is 1. The van der Waals surface area contributed by atoms with Gasteiger partial charge < -0.3 is 20.3 Å². The van der Waals surface area contributed by atoms with Crippen LogP contribution in [-0.2, 0) is 16.0 Å². The Bertz CT molecular complexity index is 1020. The summed E-state index contributed by atoms with van der Waals surface area (Å²) in [6.07, 6.45) is 2.09. The van der Waals surface area contributed by atoms with Gasteiger partial charge in [-0.25, -0.2) is 4.98 Å². The Morgan fingerprint density at radius 2 is 2.14 bits per heavy atom. The van der Waals surface area contributed by atoms with E-state index in [1.54, 1.807) is 22.7 Å². The van der Waals surface area contributed by atoms with Gasteiger partial charge in [0.05, 0.1) is 31.6 Å². The minimum Gasteiger partial charge on any atom is -0.396 e. The Morgan fingerprint density at radius 3 is 2.86 bits per heavy atom. The summed E-state index contributed by atoms with van der Waals surface area (Å²) in [6.45, 7) is 9.01. The summed E-state index contributed by atoms with van der Waals surface area (Å²) in [6, 6.07) is 2.10. The monoisotopic (exact) mass is 519 g/mol. The maximum atomic E-state index is 13.2. The Kier molecular flexibility index (Phi) is 7.36. The van der Waals surface area contributed by atoms with Gasteiger partial charge in [-0.05, 0) is 42.0 Å². The number of carbonyl (C=O) groups excluding carboxylic acids is 1. The molecule has 5 rings (SSSR count). The number of amides is 1. The molecule has 3 N–H and O–H groups in total. The zero-order chi connectivity index (χ0) is 24.6. The molecule has 7 nitrogen and oxygen atoms in total. The number of hydrogen-bond acceptors (Lipinski definition) is 8. The maximum absolute atomic E-state index is 13.2. The summed E-state index contributed by atoms with van der Waals surface area (Å²) in [7, 11) is 0. The van der Waals surface area contributed by atoms with Gasteiger partial charge in [-0.1, -0.05) is 13.8 Å². The summed E-state index contributed by atoms with van der Waals surface area (Å²) >= 11 is 3.37. The highest BCUT2D eigenvalue weighted by Gasteiger charge is 2.59. The third kappa shape index (κ3) is 4.71. The summed E-state index contributed by atoms with van der Waals surface area (Å²) < 4.78 is 5.41. The van der Waals surface area contributed by atoms with Gasteiger partial charge >= 0.3 is 0 Å². The second-order valence-electron chi connectivity index (χ2n) is 10.9. The molecular formula is C26H37N3O4S2. The highest BCUT2D eigenvalue weighted by Crippen LogP contribution is 2.62. The minimum absolute atomic E-state index is 0.0401. The van der Waals surface area contributed by atoms with Crippen molar-refractivity contribution in [2.24, 2.45) is 16.7 Å². The van der Waals surface area contributed by atoms with Crippen LogP contribution in [0.15, 0.2) is 16.8 Å². The number of thiophene rings is 1. The lowest BCUT2D eigenvalue weighted by Gasteiger charge is -2.58. The first-order valence-corrected chi connectivity index (χ1v) is 14.5. The lowest BCUT2D eigenvalue weighted by molar-refractivity contribution is -0.144. The van der Waals surface area contributed by atoms with E-state index in [0.29, 0.717) is 19.4 Å². The summed E-state index contributed by atoms with van der Waals surface area (Å²) in [5, 5.41) is 29.7. The molecule has 3 aliphatic rings. The van der Waals surface area contributed by atoms with Gasteiger partial charge in [0.1, 0.15) is 5.01 Å². The maximum Gasteiger partial charge on any atom is 0.220 e. The molecule has 1 saturated carbocycles. The first kappa shape index (κ1) is 25.3. The summed E-state index contributed by atoms with van der Waals surface area (Å²) in [5.74, 6) is 0.0952. The van der Waals surface area contributed by atoms with Crippen LogP contribution in [0.4, 0.5) is 0 Å². The zero-order valence-electron chi connectivity index (χ0n) is 20.7. The van der Waals surface area contributed by atoms with E-state index in [9.17, 15) is 15.0 Å². The SMILES string of the molecule is C[C@]1(CO)[C@H]2Cc3sc(-c4ccsc4)nc3[C@@H](CC(=O)NCCN3CCOCC3)[C@]2(C)CC[C@H]1O. The smallest absolute Gasteiger partial charge is 0.220 e. The van der Waals surface area contributed by atoms with Crippen molar-refractivity contribution in [3.05, 3.63) is 27.4 Å². The first-order chi connectivity index (χ1) is 16.8. The molecule has 0 radical (unpaired) electrons. The molecule has 1 aliphatic heterocycles. The van der Waals surface area contributed by atoms with E-state index in [2.05, 4.69) is 34.0 Å². The van der Waals surface area contributed by atoms with Crippen LogP contribution in [0.1, 0.15) is 49.6 Å². The quantitative estimate of drug-likeness (QED) is 0.520.